The van der Waals surface area contributed by atoms with Crippen LogP contribution in [0.4, 0.5) is 0 Å². The van der Waals surface area contributed by atoms with Crippen molar-refractivity contribution in [1.82, 2.24) is 20.0 Å². The van der Waals surface area contributed by atoms with Crippen molar-refractivity contribution in [3.63, 3.8) is 0 Å². The summed E-state index contributed by atoms with van der Waals surface area (Å²) in [6.07, 6.45) is 2.44. The fraction of sp³-hybridized carbons (Fsp3) is 0.474. The van der Waals surface area contributed by atoms with Crippen LogP contribution in [0.25, 0.3) is 10.8 Å². The second-order valence-electron chi connectivity index (χ2n) is 6.70. The Balaban J connectivity index is 1.88. The monoisotopic (exact) mass is 356 g/mol. The molecule has 2 amide bonds. The van der Waals surface area contributed by atoms with Crippen LogP contribution in [0.15, 0.2) is 29.1 Å². The maximum absolute atomic E-state index is 13.1. The quantitative estimate of drug-likeness (QED) is 0.895. The summed E-state index contributed by atoms with van der Waals surface area (Å²) in [6, 6.07) is 7.00. The molecule has 3 rings (SSSR count). The molecule has 7 nitrogen and oxygen atoms in total. The number of likely N-dealkylation sites (tertiary alicyclic amines) is 1. The van der Waals surface area contributed by atoms with Gasteiger partial charge in [0.1, 0.15) is 0 Å². The molecule has 1 aliphatic heterocycles. The zero-order valence-electron chi connectivity index (χ0n) is 15.2. The van der Waals surface area contributed by atoms with Crippen LogP contribution in [0.2, 0.25) is 0 Å². The van der Waals surface area contributed by atoms with Gasteiger partial charge in [0, 0.05) is 32.1 Å². The standard InChI is InChI=1S/C19H24N4O3/c1-3-10-20-17(24)13-7-6-11-23(12-13)19(26)16-14-8-4-5-9-15(14)18(25)22(2)21-16/h4-5,8-9,13H,3,6-7,10-12H2,1-2H3,(H,20,24). The topological polar surface area (TPSA) is 84.3 Å². The number of hydrogen-bond donors (Lipinski definition) is 1. The SMILES string of the molecule is CCCNC(=O)C1CCCN(C(=O)c2nn(C)c(=O)c3ccccc23)C1. The van der Waals surface area contributed by atoms with E-state index in [4.69, 9.17) is 0 Å². The second-order valence-corrected chi connectivity index (χ2v) is 6.70. The molecule has 1 unspecified atom stereocenters. The maximum Gasteiger partial charge on any atom is 0.274 e. The highest BCUT2D eigenvalue weighted by atomic mass is 16.2. The number of nitrogens with zero attached hydrogens (tertiary/aromatic N) is 3. The Bertz CT molecular complexity index is 890. The van der Waals surface area contributed by atoms with E-state index >= 15 is 0 Å². The molecule has 1 saturated heterocycles. The Morgan fingerprint density at radius 2 is 2.00 bits per heavy atom. The summed E-state index contributed by atoms with van der Waals surface area (Å²) in [6.45, 7) is 3.63. The number of carbonyl (C=O) groups is 2. The zero-order valence-corrected chi connectivity index (χ0v) is 15.2. The lowest BCUT2D eigenvalue weighted by Gasteiger charge is -2.32. The van der Waals surface area contributed by atoms with Crippen molar-refractivity contribution in [1.29, 1.82) is 0 Å². The molecule has 1 N–H and O–H groups in total. The largest absolute Gasteiger partial charge is 0.356 e. The third-order valence-electron chi connectivity index (χ3n) is 4.79. The first kappa shape index (κ1) is 18.1. The van der Waals surface area contributed by atoms with Gasteiger partial charge in [-0.15, -0.1) is 0 Å². The summed E-state index contributed by atoms with van der Waals surface area (Å²) in [5, 5.41) is 8.15. The number of aryl methyl sites for hydroxylation is 1. The van der Waals surface area contributed by atoms with E-state index in [0.29, 0.717) is 30.4 Å². The fourth-order valence-electron chi connectivity index (χ4n) is 3.38. The number of amides is 2. The highest BCUT2D eigenvalue weighted by molar-refractivity contribution is 6.05. The molecule has 1 atom stereocenters. The molecule has 7 heteroatoms. The van der Waals surface area contributed by atoms with Gasteiger partial charge in [-0.1, -0.05) is 25.1 Å². The van der Waals surface area contributed by atoms with Crippen molar-refractivity contribution in [3.05, 3.63) is 40.3 Å². The average molecular weight is 356 g/mol. The van der Waals surface area contributed by atoms with Gasteiger partial charge in [0.15, 0.2) is 5.69 Å². The van der Waals surface area contributed by atoms with Crippen molar-refractivity contribution >= 4 is 22.6 Å². The molecule has 2 aromatic rings. The van der Waals surface area contributed by atoms with E-state index < -0.39 is 0 Å². The maximum atomic E-state index is 13.1. The average Bonchev–Trinajstić information content (AvgIpc) is 2.68. The van der Waals surface area contributed by atoms with Gasteiger partial charge < -0.3 is 10.2 Å². The number of aromatic nitrogens is 2. The molecule has 0 radical (unpaired) electrons. The minimum Gasteiger partial charge on any atom is -0.356 e. The van der Waals surface area contributed by atoms with Crippen molar-refractivity contribution in [2.24, 2.45) is 13.0 Å². The zero-order chi connectivity index (χ0) is 18.7. The Morgan fingerprint density at radius 3 is 2.73 bits per heavy atom. The van der Waals surface area contributed by atoms with Gasteiger partial charge in [-0.05, 0) is 25.3 Å². The smallest absolute Gasteiger partial charge is 0.274 e. The van der Waals surface area contributed by atoms with E-state index in [1.54, 1.807) is 36.2 Å². The molecular weight excluding hydrogens is 332 g/mol. The molecule has 0 aliphatic carbocycles. The highest BCUT2D eigenvalue weighted by Crippen LogP contribution is 2.21. The normalized spacial score (nSPS) is 17.3. The van der Waals surface area contributed by atoms with Crippen molar-refractivity contribution in [2.45, 2.75) is 26.2 Å². The van der Waals surface area contributed by atoms with Gasteiger partial charge in [0.2, 0.25) is 5.91 Å². The lowest BCUT2D eigenvalue weighted by Crippen LogP contribution is -2.46. The van der Waals surface area contributed by atoms with Gasteiger partial charge in [-0.3, -0.25) is 14.4 Å². The summed E-state index contributed by atoms with van der Waals surface area (Å²) in [7, 11) is 1.54. The minimum absolute atomic E-state index is 0.00243. The van der Waals surface area contributed by atoms with Crippen LogP contribution in [0.1, 0.15) is 36.7 Å². The lowest BCUT2D eigenvalue weighted by molar-refractivity contribution is -0.126. The van der Waals surface area contributed by atoms with Gasteiger partial charge in [0.05, 0.1) is 11.3 Å². The van der Waals surface area contributed by atoms with E-state index in [1.165, 1.54) is 4.68 Å². The number of piperidine rings is 1. The molecule has 138 valence electrons. The first-order valence-corrected chi connectivity index (χ1v) is 9.06. The lowest BCUT2D eigenvalue weighted by atomic mass is 9.96. The summed E-state index contributed by atoms with van der Waals surface area (Å²) in [5.74, 6) is -0.425. The Kier molecular flexibility index (Phi) is 5.35. The van der Waals surface area contributed by atoms with Gasteiger partial charge in [-0.25, -0.2) is 4.68 Å². The van der Waals surface area contributed by atoms with Crippen LogP contribution < -0.4 is 10.9 Å². The second kappa shape index (κ2) is 7.68. The number of rotatable bonds is 4. The van der Waals surface area contributed by atoms with E-state index in [2.05, 4.69) is 10.4 Å². The van der Waals surface area contributed by atoms with E-state index in [-0.39, 0.29) is 29.0 Å². The first-order chi connectivity index (χ1) is 12.5. The number of carbonyl (C=O) groups excluding carboxylic acids is 2. The van der Waals surface area contributed by atoms with Crippen LogP contribution in [0, 0.1) is 5.92 Å². The van der Waals surface area contributed by atoms with E-state index in [9.17, 15) is 14.4 Å². The van der Waals surface area contributed by atoms with Crippen LogP contribution in [-0.2, 0) is 11.8 Å². The van der Waals surface area contributed by atoms with Gasteiger partial charge >= 0.3 is 0 Å². The molecule has 1 fully saturated rings. The van der Waals surface area contributed by atoms with E-state index in [1.807, 2.05) is 6.92 Å². The van der Waals surface area contributed by atoms with Gasteiger partial charge in [-0.2, -0.15) is 5.10 Å². The van der Waals surface area contributed by atoms with Crippen LogP contribution in [0.3, 0.4) is 0 Å². The van der Waals surface area contributed by atoms with Crippen molar-refractivity contribution < 1.29 is 9.59 Å². The predicted octanol–water partition coefficient (Wildman–Crippen LogP) is 1.31. The molecule has 1 aliphatic rings. The van der Waals surface area contributed by atoms with Crippen molar-refractivity contribution in [3.8, 4) is 0 Å². The summed E-state index contributed by atoms with van der Waals surface area (Å²) in [4.78, 5) is 39.3. The summed E-state index contributed by atoms with van der Waals surface area (Å²) >= 11 is 0. The molecular formula is C19H24N4O3. The third-order valence-corrected chi connectivity index (χ3v) is 4.79. The summed E-state index contributed by atoms with van der Waals surface area (Å²) in [5.41, 5.74) is 0.0323. The Labute approximate surface area is 152 Å². The molecule has 0 saturated carbocycles. The van der Waals surface area contributed by atoms with Crippen LogP contribution in [-0.4, -0.2) is 46.1 Å². The summed E-state index contributed by atoms with van der Waals surface area (Å²) < 4.78 is 1.20. The van der Waals surface area contributed by atoms with Crippen LogP contribution in [0.5, 0.6) is 0 Å². The molecule has 26 heavy (non-hydrogen) atoms. The predicted molar refractivity (Wildman–Crippen MR) is 98.9 cm³/mol. The molecule has 2 heterocycles. The van der Waals surface area contributed by atoms with Gasteiger partial charge in [0.25, 0.3) is 11.5 Å². The first-order valence-electron chi connectivity index (χ1n) is 9.06. The van der Waals surface area contributed by atoms with Crippen LogP contribution >= 0.6 is 0 Å². The van der Waals surface area contributed by atoms with E-state index in [0.717, 1.165) is 19.3 Å². The highest BCUT2D eigenvalue weighted by Gasteiger charge is 2.30. The Hall–Kier alpha value is -2.70. The minimum atomic E-state index is -0.232. The third kappa shape index (κ3) is 3.47. The Morgan fingerprint density at radius 1 is 1.27 bits per heavy atom. The molecule has 1 aromatic heterocycles. The number of benzene rings is 1. The van der Waals surface area contributed by atoms with Crippen molar-refractivity contribution in [2.75, 3.05) is 19.6 Å². The molecule has 0 bridgehead atoms. The number of nitrogens with one attached hydrogen (secondary N) is 1. The number of hydrogen-bond acceptors (Lipinski definition) is 4. The number of fused-ring (bicyclic) bond motifs is 1. The fourth-order valence-corrected chi connectivity index (χ4v) is 3.38. The molecule has 1 aromatic carbocycles. The molecule has 0 spiro atoms.